The Labute approximate surface area is 243 Å². The number of carbonyl (C=O) groups excluding carboxylic acids is 2. The van der Waals surface area contributed by atoms with Crippen molar-refractivity contribution in [1.82, 2.24) is 15.5 Å². The van der Waals surface area contributed by atoms with Crippen molar-refractivity contribution in [1.29, 1.82) is 10.8 Å². The molecule has 220 valence electrons. The molecule has 0 bridgehead atoms. The molecule has 9 heteroatoms. The van der Waals surface area contributed by atoms with E-state index in [1.54, 1.807) is 0 Å². The van der Waals surface area contributed by atoms with Gasteiger partial charge in [0.15, 0.2) is 5.96 Å². The van der Waals surface area contributed by atoms with E-state index in [4.69, 9.17) is 22.3 Å². The molecule has 1 aliphatic carbocycles. The monoisotopic (exact) mass is 559 g/mol. The van der Waals surface area contributed by atoms with Crippen LogP contribution in [0.1, 0.15) is 73.1 Å². The lowest BCUT2D eigenvalue weighted by Gasteiger charge is -2.34. The number of guanidine groups is 1. The van der Waals surface area contributed by atoms with E-state index in [-0.39, 0.29) is 29.5 Å². The van der Waals surface area contributed by atoms with E-state index in [0.29, 0.717) is 24.4 Å². The van der Waals surface area contributed by atoms with Gasteiger partial charge in [0.2, 0.25) is 11.8 Å². The van der Waals surface area contributed by atoms with Crippen molar-refractivity contribution in [3.05, 3.63) is 70.8 Å². The first-order valence-corrected chi connectivity index (χ1v) is 14.9. The third-order valence-corrected chi connectivity index (χ3v) is 8.69. The molecule has 1 saturated heterocycles. The molecule has 8 N–H and O–H groups in total. The molecule has 0 radical (unpaired) electrons. The van der Waals surface area contributed by atoms with E-state index in [0.717, 1.165) is 74.7 Å². The Morgan fingerprint density at radius 3 is 2.24 bits per heavy atom. The largest absolute Gasteiger partial charge is 0.384 e. The number of aryl methyl sites for hydroxylation is 1. The Hall–Kier alpha value is -3.88. The lowest BCUT2D eigenvalue weighted by molar-refractivity contribution is -0.131. The van der Waals surface area contributed by atoms with Gasteiger partial charge in [0.1, 0.15) is 11.9 Å². The van der Waals surface area contributed by atoms with E-state index in [1.165, 1.54) is 0 Å². The van der Waals surface area contributed by atoms with E-state index in [1.807, 2.05) is 60.4 Å². The van der Waals surface area contributed by atoms with Crippen LogP contribution in [0.15, 0.2) is 48.5 Å². The molecule has 0 spiro atoms. The van der Waals surface area contributed by atoms with E-state index < -0.39 is 12.0 Å². The summed E-state index contributed by atoms with van der Waals surface area (Å²) in [6.45, 7) is 4.03. The molecule has 2 amide bonds. The quantitative estimate of drug-likeness (QED) is 0.194. The minimum Gasteiger partial charge on any atom is -0.384 e. The fourth-order valence-electron chi connectivity index (χ4n) is 6.16. The highest BCUT2D eigenvalue weighted by atomic mass is 16.2. The van der Waals surface area contributed by atoms with Crippen molar-refractivity contribution >= 4 is 23.6 Å². The molecule has 2 atom stereocenters. The van der Waals surface area contributed by atoms with Crippen LogP contribution in [0.2, 0.25) is 0 Å². The van der Waals surface area contributed by atoms with Crippen molar-refractivity contribution in [2.75, 3.05) is 19.6 Å². The van der Waals surface area contributed by atoms with Crippen molar-refractivity contribution in [3.8, 4) is 0 Å². The highest BCUT2D eigenvalue weighted by Crippen LogP contribution is 2.29. The van der Waals surface area contributed by atoms with Gasteiger partial charge in [-0.3, -0.25) is 20.4 Å². The van der Waals surface area contributed by atoms with Crippen molar-refractivity contribution < 1.29 is 9.59 Å². The first-order chi connectivity index (χ1) is 19.7. The number of piperidine rings is 1. The number of nitrogen functional groups attached to an aromatic ring is 1. The summed E-state index contributed by atoms with van der Waals surface area (Å²) < 4.78 is 0. The summed E-state index contributed by atoms with van der Waals surface area (Å²) in [5.74, 6) is -0.163. The van der Waals surface area contributed by atoms with Crippen LogP contribution in [0, 0.1) is 29.6 Å². The summed E-state index contributed by atoms with van der Waals surface area (Å²) in [6.07, 6.45) is 7.37. The maximum atomic E-state index is 14.0. The molecular formula is C32H45N7O2. The molecule has 2 aromatic rings. The topological polar surface area (TPSA) is 161 Å². The summed E-state index contributed by atoms with van der Waals surface area (Å²) in [7, 11) is 0. The number of carbonyl (C=O) groups is 2. The number of amides is 2. The van der Waals surface area contributed by atoms with Crippen LogP contribution in [0.5, 0.6) is 0 Å². The highest BCUT2D eigenvalue weighted by Gasteiger charge is 2.34. The molecule has 1 saturated carbocycles. The lowest BCUT2D eigenvalue weighted by Crippen LogP contribution is -2.53. The van der Waals surface area contributed by atoms with Crippen LogP contribution >= 0.6 is 0 Å². The van der Waals surface area contributed by atoms with E-state index >= 15 is 0 Å². The standard InChI is InChI=1S/C32H45N7O2/c1-21-6-5-9-26(18-21)27(19-22-10-12-25(13-11-22)29(33)34)30(40)38-28(24-7-3-2-4-8-24)31(41)37-20-23-14-16-39(17-15-23)32(35)36/h5-6,9-13,18,23-24,27-28H,2-4,7-8,14-17,19-20H2,1H3,(H3,33,34)(H3,35,36)(H,37,41)(H,38,40)/t27-,28-/m0/s1. The van der Waals surface area contributed by atoms with E-state index in [2.05, 4.69) is 10.6 Å². The minimum absolute atomic E-state index is 0.00951. The third kappa shape index (κ3) is 8.31. The van der Waals surface area contributed by atoms with Crippen LogP contribution in [0.3, 0.4) is 0 Å². The number of rotatable bonds is 10. The van der Waals surface area contributed by atoms with E-state index in [9.17, 15) is 9.59 Å². The van der Waals surface area contributed by atoms with Gasteiger partial charge in [0, 0.05) is 25.2 Å². The average Bonchev–Trinajstić information content (AvgIpc) is 2.98. The van der Waals surface area contributed by atoms with Gasteiger partial charge in [-0.05, 0) is 62.0 Å². The Bertz CT molecular complexity index is 1210. The molecule has 1 heterocycles. The first kappa shape index (κ1) is 30.1. The lowest BCUT2D eigenvalue weighted by atomic mass is 9.82. The number of amidine groups is 1. The third-order valence-electron chi connectivity index (χ3n) is 8.69. The van der Waals surface area contributed by atoms with Crippen LogP contribution in [0.25, 0.3) is 0 Å². The molecule has 41 heavy (non-hydrogen) atoms. The summed E-state index contributed by atoms with van der Waals surface area (Å²) in [5, 5.41) is 21.7. The normalized spacial score (nSPS) is 17.8. The van der Waals surface area contributed by atoms with Gasteiger partial charge in [-0.25, -0.2) is 0 Å². The van der Waals surface area contributed by atoms with Crippen LogP contribution in [-0.4, -0.2) is 54.2 Å². The van der Waals surface area contributed by atoms with Gasteiger partial charge in [-0.15, -0.1) is 0 Å². The smallest absolute Gasteiger partial charge is 0.242 e. The Kier molecular flexibility index (Phi) is 10.4. The van der Waals surface area contributed by atoms with Gasteiger partial charge >= 0.3 is 0 Å². The number of nitrogens with two attached hydrogens (primary N) is 2. The fraction of sp³-hybridized carbons (Fsp3) is 0.500. The highest BCUT2D eigenvalue weighted by molar-refractivity contribution is 5.95. The number of hydrogen-bond acceptors (Lipinski definition) is 4. The number of nitrogens with zero attached hydrogens (tertiary/aromatic N) is 1. The fourth-order valence-corrected chi connectivity index (χ4v) is 6.16. The minimum atomic E-state index is -0.576. The van der Waals surface area contributed by atoms with Crippen LogP contribution in [-0.2, 0) is 16.0 Å². The molecule has 9 nitrogen and oxygen atoms in total. The zero-order chi connectivity index (χ0) is 29.4. The molecule has 2 aliphatic rings. The predicted octanol–water partition coefficient (Wildman–Crippen LogP) is 3.39. The zero-order valence-corrected chi connectivity index (χ0v) is 24.1. The molecule has 4 rings (SSSR count). The Balaban J connectivity index is 1.49. The Morgan fingerprint density at radius 1 is 0.951 bits per heavy atom. The molecule has 0 unspecified atom stereocenters. The molecule has 2 fully saturated rings. The van der Waals surface area contributed by atoms with Gasteiger partial charge < -0.3 is 27.0 Å². The molecular weight excluding hydrogens is 514 g/mol. The number of nitrogens with one attached hydrogen (secondary N) is 4. The van der Waals surface area contributed by atoms with Gasteiger partial charge in [-0.1, -0.05) is 73.4 Å². The number of hydrogen-bond donors (Lipinski definition) is 6. The maximum absolute atomic E-state index is 14.0. The van der Waals surface area contributed by atoms with Crippen molar-refractivity contribution in [2.45, 2.75) is 70.3 Å². The average molecular weight is 560 g/mol. The SMILES string of the molecule is Cc1cccc([C@H](Cc2ccc(C(=N)N)cc2)C(=O)N[C@H](C(=O)NCC2CCN(C(=N)N)CC2)C2CCCCC2)c1. The summed E-state index contributed by atoms with van der Waals surface area (Å²) in [6, 6.07) is 14.9. The zero-order valence-electron chi connectivity index (χ0n) is 24.1. The predicted molar refractivity (Wildman–Crippen MR) is 163 cm³/mol. The summed E-state index contributed by atoms with van der Waals surface area (Å²) in [5.41, 5.74) is 14.9. The van der Waals surface area contributed by atoms with Crippen LogP contribution in [0.4, 0.5) is 0 Å². The Morgan fingerprint density at radius 2 is 1.63 bits per heavy atom. The second-order valence-electron chi connectivity index (χ2n) is 11.7. The van der Waals surface area contributed by atoms with Crippen LogP contribution < -0.4 is 22.1 Å². The molecule has 1 aliphatic heterocycles. The number of likely N-dealkylation sites (tertiary alicyclic amines) is 1. The number of benzene rings is 2. The summed E-state index contributed by atoms with van der Waals surface area (Å²) in [4.78, 5) is 29.5. The molecule has 2 aromatic carbocycles. The van der Waals surface area contributed by atoms with Crippen molar-refractivity contribution in [3.63, 3.8) is 0 Å². The second kappa shape index (κ2) is 14.1. The van der Waals surface area contributed by atoms with Gasteiger partial charge in [0.05, 0.1) is 5.92 Å². The maximum Gasteiger partial charge on any atom is 0.242 e. The summed E-state index contributed by atoms with van der Waals surface area (Å²) >= 11 is 0. The molecule has 0 aromatic heterocycles. The van der Waals surface area contributed by atoms with Gasteiger partial charge in [-0.2, -0.15) is 0 Å². The van der Waals surface area contributed by atoms with Gasteiger partial charge in [0.25, 0.3) is 0 Å². The second-order valence-corrected chi connectivity index (χ2v) is 11.7. The van der Waals surface area contributed by atoms with Crippen molar-refractivity contribution in [2.24, 2.45) is 23.3 Å². The first-order valence-electron chi connectivity index (χ1n) is 14.9.